The van der Waals surface area contributed by atoms with Crippen LogP contribution in [0.5, 0.6) is 0 Å². The zero-order chi connectivity index (χ0) is 34.3. The topological polar surface area (TPSA) is 196 Å². The van der Waals surface area contributed by atoms with Crippen LogP contribution in [-0.2, 0) is 60.6 Å². The first kappa shape index (κ1) is 34.7. The Morgan fingerprint density at radius 1 is 0.915 bits per heavy atom. The van der Waals surface area contributed by atoms with Gasteiger partial charge in [0.1, 0.15) is 42.8 Å². The molecular formula is C31H37N5O11. The number of hydrogen-bond acceptors (Lipinski definition) is 14. The zero-order valence-corrected chi connectivity index (χ0v) is 26.8. The Morgan fingerprint density at radius 3 is 2.23 bits per heavy atom. The maximum atomic E-state index is 13.3. The molecule has 3 aromatic rings. The Labute approximate surface area is 270 Å². The van der Waals surface area contributed by atoms with Crippen LogP contribution in [0.1, 0.15) is 59.0 Å². The van der Waals surface area contributed by atoms with Crippen LogP contribution in [0.4, 0.5) is 4.79 Å². The van der Waals surface area contributed by atoms with Crippen LogP contribution in [0.2, 0.25) is 0 Å². The van der Waals surface area contributed by atoms with Crippen molar-refractivity contribution in [1.29, 1.82) is 0 Å². The van der Waals surface area contributed by atoms with Crippen LogP contribution in [0.25, 0.3) is 11.2 Å². The van der Waals surface area contributed by atoms with Gasteiger partial charge in [0.05, 0.1) is 12.0 Å². The molecule has 47 heavy (non-hydrogen) atoms. The SMILES string of the molecule is CC(=O)OC[C@H]1O[C@@H](n2cnc3c(C[C@H](NC(=O)OC(C)(C)C)C(=O)OCc4ccccc4)ncnc32)C(OC(C)=O)C1OC(C)=O. The first-order valence-corrected chi connectivity index (χ1v) is 14.7. The normalized spacial score (nSPS) is 19.8. The van der Waals surface area contributed by atoms with Crippen LogP contribution in [-0.4, -0.2) is 86.1 Å². The van der Waals surface area contributed by atoms with Gasteiger partial charge in [-0.2, -0.15) is 0 Å². The van der Waals surface area contributed by atoms with Gasteiger partial charge in [0.15, 0.2) is 24.1 Å². The lowest BCUT2D eigenvalue weighted by atomic mass is 10.1. The molecule has 0 spiro atoms. The van der Waals surface area contributed by atoms with E-state index in [-0.39, 0.29) is 36.5 Å². The fraction of sp³-hybridized carbons (Fsp3) is 0.484. The first-order valence-electron chi connectivity index (χ1n) is 14.7. The number of benzene rings is 1. The van der Waals surface area contributed by atoms with Crippen molar-refractivity contribution in [2.75, 3.05) is 6.61 Å². The number of nitrogens with zero attached hydrogens (tertiary/aromatic N) is 4. The molecule has 1 fully saturated rings. The average molecular weight is 656 g/mol. The van der Waals surface area contributed by atoms with E-state index >= 15 is 0 Å². The molecule has 16 nitrogen and oxygen atoms in total. The fourth-order valence-electron chi connectivity index (χ4n) is 4.82. The first-order chi connectivity index (χ1) is 22.2. The van der Waals surface area contributed by atoms with E-state index in [1.165, 1.54) is 38.0 Å². The summed E-state index contributed by atoms with van der Waals surface area (Å²) in [7, 11) is 0. The van der Waals surface area contributed by atoms with Crippen molar-refractivity contribution in [3.63, 3.8) is 0 Å². The number of imidazole rings is 1. The highest BCUT2D eigenvalue weighted by molar-refractivity contribution is 5.83. The van der Waals surface area contributed by atoms with Crippen molar-refractivity contribution in [3.8, 4) is 0 Å². The quantitative estimate of drug-likeness (QED) is 0.233. The van der Waals surface area contributed by atoms with Crippen LogP contribution in [0, 0.1) is 0 Å². The Balaban J connectivity index is 1.65. The molecule has 3 heterocycles. The molecule has 0 aliphatic carbocycles. The molecule has 1 aromatic carbocycles. The Bertz CT molecular complexity index is 1600. The van der Waals surface area contributed by atoms with E-state index in [2.05, 4.69) is 20.3 Å². The number of hydrogen-bond donors (Lipinski definition) is 1. The number of ether oxygens (including phenoxy) is 6. The number of alkyl carbamates (subject to hydrolysis) is 1. The highest BCUT2D eigenvalue weighted by atomic mass is 16.7. The number of carbonyl (C=O) groups excluding carboxylic acids is 5. The molecule has 1 saturated heterocycles. The molecule has 0 bridgehead atoms. The largest absolute Gasteiger partial charge is 0.463 e. The number of carbonyl (C=O) groups is 5. The number of aromatic nitrogens is 4. The van der Waals surface area contributed by atoms with Gasteiger partial charge in [-0.3, -0.25) is 19.0 Å². The van der Waals surface area contributed by atoms with Crippen molar-refractivity contribution in [2.24, 2.45) is 0 Å². The summed E-state index contributed by atoms with van der Waals surface area (Å²) in [5.74, 6) is -2.69. The number of rotatable bonds is 11. The molecule has 1 aliphatic rings. The average Bonchev–Trinajstić information content (AvgIpc) is 3.55. The van der Waals surface area contributed by atoms with Crippen molar-refractivity contribution in [1.82, 2.24) is 24.8 Å². The fourth-order valence-corrected chi connectivity index (χ4v) is 4.82. The molecule has 1 aliphatic heterocycles. The van der Waals surface area contributed by atoms with Gasteiger partial charge < -0.3 is 33.7 Å². The predicted octanol–water partition coefficient (Wildman–Crippen LogP) is 2.33. The number of fused-ring (bicyclic) bond motifs is 1. The lowest BCUT2D eigenvalue weighted by molar-refractivity contribution is -0.166. The lowest BCUT2D eigenvalue weighted by Crippen LogP contribution is -2.45. The summed E-state index contributed by atoms with van der Waals surface area (Å²) in [5, 5.41) is 2.56. The molecule has 0 saturated carbocycles. The second-order valence-corrected chi connectivity index (χ2v) is 11.7. The summed E-state index contributed by atoms with van der Waals surface area (Å²) in [6.45, 7) is 8.31. The highest BCUT2D eigenvalue weighted by Crippen LogP contribution is 2.36. The third-order valence-electron chi connectivity index (χ3n) is 6.65. The minimum absolute atomic E-state index is 0.0332. The van der Waals surface area contributed by atoms with Crippen LogP contribution in [0.15, 0.2) is 43.0 Å². The van der Waals surface area contributed by atoms with E-state index in [0.29, 0.717) is 0 Å². The number of esters is 4. The molecule has 0 radical (unpaired) electrons. The predicted molar refractivity (Wildman–Crippen MR) is 160 cm³/mol. The van der Waals surface area contributed by atoms with Crippen molar-refractivity contribution in [2.45, 2.75) is 90.8 Å². The van der Waals surface area contributed by atoms with Gasteiger partial charge in [0.2, 0.25) is 0 Å². The van der Waals surface area contributed by atoms with E-state index in [1.54, 1.807) is 45.0 Å². The van der Waals surface area contributed by atoms with E-state index in [0.717, 1.165) is 5.56 Å². The van der Waals surface area contributed by atoms with Gasteiger partial charge in [0.25, 0.3) is 0 Å². The summed E-state index contributed by atoms with van der Waals surface area (Å²) in [5.41, 5.74) is 0.623. The van der Waals surface area contributed by atoms with Gasteiger partial charge in [-0.15, -0.1) is 0 Å². The summed E-state index contributed by atoms with van der Waals surface area (Å²) in [4.78, 5) is 74.7. The molecule has 4 rings (SSSR count). The summed E-state index contributed by atoms with van der Waals surface area (Å²) < 4.78 is 34.5. The molecule has 5 atom stereocenters. The Hall–Kier alpha value is -5.12. The molecule has 2 unspecified atom stereocenters. The molecule has 252 valence electrons. The van der Waals surface area contributed by atoms with Crippen LogP contribution < -0.4 is 5.32 Å². The minimum Gasteiger partial charge on any atom is -0.463 e. The second-order valence-electron chi connectivity index (χ2n) is 11.7. The monoisotopic (exact) mass is 655 g/mol. The standard InChI is InChI=1S/C31H37N5O11/c1-17(37)42-14-23-25(44-18(2)38)26(45-19(3)39)28(46-23)36-16-34-24-21(32-15-33-27(24)36)12-22(35-30(41)47-31(4,5)6)29(40)43-13-20-10-8-7-9-11-20/h7-11,15-16,22-23,25-26,28H,12-14H2,1-6H3,(H,35,41)/t22-,23+,25?,26?,28+/m0/s1. The van der Waals surface area contributed by atoms with Gasteiger partial charge >= 0.3 is 30.0 Å². The van der Waals surface area contributed by atoms with E-state index in [9.17, 15) is 24.0 Å². The van der Waals surface area contributed by atoms with Crippen LogP contribution >= 0.6 is 0 Å². The van der Waals surface area contributed by atoms with E-state index in [1.807, 2.05) is 6.07 Å². The smallest absolute Gasteiger partial charge is 0.408 e. The molecule has 1 N–H and O–H groups in total. The minimum atomic E-state index is -1.23. The number of amides is 1. The van der Waals surface area contributed by atoms with E-state index in [4.69, 9.17) is 28.4 Å². The third-order valence-corrected chi connectivity index (χ3v) is 6.65. The van der Waals surface area contributed by atoms with Gasteiger partial charge in [-0.05, 0) is 26.3 Å². The highest BCUT2D eigenvalue weighted by Gasteiger charge is 2.51. The maximum Gasteiger partial charge on any atom is 0.408 e. The summed E-state index contributed by atoms with van der Waals surface area (Å²) >= 11 is 0. The zero-order valence-electron chi connectivity index (χ0n) is 26.8. The van der Waals surface area contributed by atoms with E-state index < -0.39 is 66.2 Å². The lowest BCUT2D eigenvalue weighted by Gasteiger charge is -2.24. The van der Waals surface area contributed by atoms with Gasteiger partial charge in [-0.1, -0.05) is 30.3 Å². The molecule has 16 heteroatoms. The molecular weight excluding hydrogens is 618 g/mol. The Kier molecular flexibility index (Phi) is 11.1. The number of nitrogens with one attached hydrogen (secondary N) is 1. The summed E-state index contributed by atoms with van der Waals surface area (Å²) in [6.07, 6.45) is -2.86. The molecule has 2 aromatic heterocycles. The summed E-state index contributed by atoms with van der Waals surface area (Å²) in [6, 6.07) is 7.80. The van der Waals surface area contributed by atoms with Crippen molar-refractivity contribution < 1.29 is 52.4 Å². The Morgan fingerprint density at radius 2 is 1.60 bits per heavy atom. The maximum absolute atomic E-state index is 13.3. The van der Waals surface area contributed by atoms with Gasteiger partial charge in [0, 0.05) is 27.2 Å². The third kappa shape index (κ3) is 9.45. The second kappa shape index (κ2) is 15.0. The molecule has 1 amide bonds. The van der Waals surface area contributed by atoms with Crippen LogP contribution in [0.3, 0.4) is 0 Å². The van der Waals surface area contributed by atoms with Gasteiger partial charge in [-0.25, -0.2) is 24.5 Å². The van der Waals surface area contributed by atoms with Crippen molar-refractivity contribution in [3.05, 3.63) is 54.2 Å². The van der Waals surface area contributed by atoms with Crippen molar-refractivity contribution >= 4 is 41.1 Å².